The van der Waals surface area contributed by atoms with Gasteiger partial charge in [-0.2, -0.15) is 0 Å². The average molecular weight is 753 g/mol. The van der Waals surface area contributed by atoms with Crippen molar-refractivity contribution >= 4 is 21.5 Å². The van der Waals surface area contributed by atoms with Gasteiger partial charge >= 0.3 is 0 Å². The fraction of sp³-hybridized carbons (Fsp3) is 0.0526. The summed E-state index contributed by atoms with van der Waals surface area (Å²) in [6.07, 6.45) is 0. The first-order valence-electron chi connectivity index (χ1n) is 20.4. The van der Waals surface area contributed by atoms with Crippen LogP contribution in [0.1, 0.15) is 25.0 Å². The Hall–Kier alpha value is -7.42. The predicted molar refractivity (Wildman–Crippen MR) is 247 cm³/mol. The van der Waals surface area contributed by atoms with E-state index in [1.54, 1.807) is 0 Å². The normalized spacial score (nSPS) is 12.7. The molecule has 278 valence electrons. The smallest absolute Gasteiger partial charge is 0.160 e. The van der Waals surface area contributed by atoms with E-state index in [2.05, 4.69) is 220 Å². The van der Waals surface area contributed by atoms with E-state index in [1.807, 2.05) is 0 Å². The molecule has 0 saturated carbocycles. The largest absolute Gasteiger partial charge is 0.228 e. The molecule has 0 atom stereocenters. The standard InChI is InChI=1S/C57H40N2/c1-57(2)52-33-29-43(35-51(52)50-30-28-40-18-9-10-21-46(40)55(50)57)45-31-32-49(48-23-12-11-22-47(45)48)54-36-53(44-20-13-19-42(34-44)38-16-7-4-8-17-38)58-56(59-54)41-26-24-39(25-27-41)37-14-5-3-6-15-37/h3-36H,1-2H3. The maximum atomic E-state index is 5.34. The number of hydrogen-bond donors (Lipinski definition) is 0. The molecule has 0 spiro atoms. The molecule has 1 aliphatic carbocycles. The van der Waals surface area contributed by atoms with Crippen LogP contribution >= 0.6 is 0 Å². The van der Waals surface area contributed by atoms with Gasteiger partial charge in [-0.25, -0.2) is 9.97 Å². The number of rotatable bonds is 6. The summed E-state index contributed by atoms with van der Waals surface area (Å²) in [5.74, 6) is 0.697. The maximum Gasteiger partial charge on any atom is 0.160 e. The van der Waals surface area contributed by atoms with Crippen LogP contribution in [0.5, 0.6) is 0 Å². The highest BCUT2D eigenvalue weighted by Crippen LogP contribution is 2.52. The molecular weight excluding hydrogens is 713 g/mol. The molecule has 59 heavy (non-hydrogen) atoms. The van der Waals surface area contributed by atoms with Gasteiger partial charge in [0.15, 0.2) is 5.82 Å². The minimum absolute atomic E-state index is 0.0963. The van der Waals surface area contributed by atoms with Crippen molar-refractivity contribution in [2.75, 3.05) is 0 Å². The van der Waals surface area contributed by atoms with Crippen LogP contribution in [0, 0.1) is 0 Å². The number of nitrogens with zero attached hydrogens (tertiary/aromatic N) is 2. The van der Waals surface area contributed by atoms with Crippen LogP contribution in [0.25, 0.3) is 100.0 Å². The zero-order chi connectivity index (χ0) is 39.5. The number of benzene rings is 9. The van der Waals surface area contributed by atoms with Crippen LogP contribution in [0.4, 0.5) is 0 Å². The molecule has 0 aliphatic heterocycles. The summed E-state index contributed by atoms with van der Waals surface area (Å²) in [5, 5.41) is 4.98. The van der Waals surface area contributed by atoms with Crippen molar-refractivity contribution in [3.63, 3.8) is 0 Å². The van der Waals surface area contributed by atoms with Gasteiger partial charge in [0.25, 0.3) is 0 Å². The van der Waals surface area contributed by atoms with Crippen molar-refractivity contribution in [1.29, 1.82) is 0 Å². The van der Waals surface area contributed by atoms with Crippen molar-refractivity contribution in [2.45, 2.75) is 19.3 Å². The van der Waals surface area contributed by atoms with Crippen LogP contribution < -0.4 is 0 Å². The molecule has 0 unspecified atom stereocenters. The number of hydrogen-bond acceptors (Lipinski definition) is 2. The van der Waals surface area contributed by atoms with Gasteiger partial charge in [0.05, 0.1) is 11.4 Å². The molecule has 10 aromatic rings. The SMILES string of the molecule is CC1(C)c2ccc(-c3ccc(-c4cc(-c5cccc(-c6ccccc6)c5)nc(-c5ccc(-c6ccccc6)cc5)n4)c4ccccc34)cc2-c2ccc3ccccc3c21. The Balaban J connectivity index is 1.06. The monoisotopic (exact) mass is 752 g/mol. The van der Waals surface area contributed by atoms with E-state index in [4.69, 9.17) is 9.97 Å². The minimum atomic E-state index is -0.0963. The van der Waals surface area contributed by atoms with E-state index in [0.717, 1.165) is 44.6 Å². The Kier molecular flexibility index (Phi) is 8.20. The quantitative estimate of drug-likeness (QED) is 0.169. The molecule has 0 fully saturated rings. The molecular formula is C57H40N2. The second-order valence-corrected chi connectivity index (χ2v) is 16.2. The van der Waals surface area contributed by atoms with Gasteiger partial charge in [-0.15, -0.1) is 0 Å². The second-order valence-electron chi connectivity index (χ2n) is 16.2. The first-order valence-corrected chi connectivity index (χ1v) is 20.4. The molecule has 1 heterocycles. The minimum Gasteiger partial charge on any atom is -0.228 e. The highest BCUT2D eigenvalue weighted by molar-refractivity contribution is 6.06. The fourth-order valence-electron chi connectivity index (χ4n) is 9.35. The maximum absolute atomic E-state index is 5.34. The van der Waals surface area contributed by atoms with Gasteiger partial charge in [0.1, 0.15) is 0 Å². The number of aromatic nitrogens is 2. The Morgan fingerprint density at radius 1 is 0.322 bits per heavy atom. The second kappa shape index (κ2) is 13.9. The van der Waals surface area contributed by atoms with Crippen molar-refractivity contribution in [3.05, 3.63) is 217 Å². The Bertz CT molecular complexity index is 3220. The third-order valence-corrected chi connectivity index (χ3v) is 12.3. The van der Waals surface area contributed by atoms with Crippen LogP contribution in [-0.2, 0) is 5.41 Å². The molecule has 9 aromatic carbocycles. The molecule has 1 aliphatic rings. The van der Waals surface area contributed by atoms with E-state index < -0.39 is 0 Å². The zero-order valence-corrected chi connectivity index (χ0v) is 33.0. The third kappa shape index (κ3) is 5.96. The average Bonchev–Trinajstić information content (AvgIpc) is 3.54. The highest BCUT2D eigenvalue weighted by atomic mass is 14.9. The molecule has 2 heteroatoms. The van der Waals surface area contributed by atoms with Gasteiger partial charge < -0.3 is 0 Å². The molecule has 11 rings (SSSR count). The highest BCUT2D eigenvalue weighted by Gasteiger charge is 2.37. The van der Waals surface area contributed by atoms with Gasteiger partial charge in [-0.05, 0) is 95.4 Å². The molecule has 0 radical (unpaired) electrons. The zero-order valence-electron chi connectivity index (χ0n) is 33.0. The molecule has 0 saturated heterocycles. The summed E-state index contributed by atoms with van der Waals surface area (Å²) in [7, 11) is 0. The van der Waals surface area contributed by atoms with Crippen molar-refractivity contribution in [1.82, 2.24) is 9.97 Å². The van der Waals surface area contributed by atoms with Crippen molar-refractivity contribution in [2.24, 2.45) is 0 Å². The summed E-state index contributed by atoms with van der Waals surface area (Å²) in [5.41, 5.74) is 17.3. The van der Waals surface area contributed by atoms with E-state index in [0.29, 0.717) is 5.82 Å². The van der Waals surface area contributed by atoms with Crippen LogP contribution in [0.2, 0.25) is 0 Å². The van der Waals surface area contributed by atoms with E-state index in [1.165, 1.54) is 60.7 Å². The van der Waals surface area contributed by atoms with Gasteiger partial charge in [0.2, 0.25) is 0 Å². The Labute approximate surface area is 345 Å². The topological polar surface area (TPSA) is 25.8 Å². The predicted octanol–water partition coefficient (Wildman–Crippen LogP) is 15.1. The molecule has 0 N–H and O–H groups in total. The van der Waals surface area contributed by atoms with Gasteiger partial charge in [0, 0.05) is 22.1 Å². The summed E-state index contributed by atoms with van der Waals surface area (Å²) in [4.78, 5) is 10.6. The fourth-order valence-corrected chi connectivity index (χ4v) is 9.35. The summed E-state index contributed by atoms with van der Waals surface area (Å²) >= 11 is 0. The number of fused-ring (bicyclic) bond motifs is 6. The van der Waals surface area contributed by atoms with Gasteiger partial charge in [-0.3, -0.25) is 0 Å². The summed E-state index contributed by atoms with van der Waals surface area (Å²) < 4.78 is 0. The Morgan fingerprint density at radius 2 is 0.864 bits per heavy atom. The van der Waals surface area contributed by atoms with Crippen LogP contribution in [0.3, 0.4) is 0 Å². The van der Waals surface area contributed by atoms with E-state index in [9.17, 15) is 0 Å². The van der Waals surface area contributed by atoms with Crippen LogP contribution in [-0.4, -0.2) is 9.97 Å². The first kappa shape index (κ1) is 34.8. The summed E-state index contributed by atoms with van der Waals surface area (Å²) in [6.45, 7) is 4.74. The summed E-state index contributed by atoms with van der Waals surface area (Å²) in [6, 6.07) is 74.3. The molecule has 0 bridgehead atoms. The molecule has 2 nitrogen and oxygen atoms in total. The lowest BCUT2D eigenvalue weighted by Crippen LogP contribution is -2.15. The van der Waals surface area contributed by atoms with Crippen molar-refractivity contribution < 1.29 is 0 Å². The first-order chi connectivity index (χ1) is 29.0. The lowest BCUT2D eigenvalue weighted by molar-refractivity contribution is 0.666. The Morgan fingerprint density at radius 3 is 1.63 bits per heavy atom. The van der Waals surface area contributed by atoms with E-state index >= 15 is 0 Å². The van der Waals surface area contributed by atoms with Gasteiger partial charge in [-0.1, -0.05) is 202 Å². The van der Waals surface area contributed by atoms with Crippen molar-refractivity contribution in [3.8, 4) is 78.4 Å². The molecule has 0 amide bonds. The lowest BCUT2D eigenvalue weighted by Gasteiger charge is -2.23. The third-order valence-electron chi connectivity index (χ3n) is 12.3. The lowest BCUT2D eigenvalue weighted by atomic mass is 9.80. The van der Waals surface area contributed by atoms with Crippen LogP contribution in [0.15, 0.2) is 206 Å². The molecule has 1 aromatic heterocycles. The van der Waals surface area contributed by atoms with E-state index in [-0.39, 0.29) is 5.41 Å².